The van der Waals surface area contributed by atoms with Gasteiger partial charge in [-0.15, -0.1) is 0 Å². The maximum Gasteiger partial charge on any atom is 0.217 e. The van der Waals surface area contributed by atoms with Crippen molar-refractivity contribution < 1.29 is 4.79 Å². The minimum atomic E-state index is 0.0340. The molecule has 2 rings (SSSR count). The van der Waals surface area contributed by atoms with Crippen LogP contribution in [-0.2, 0) is 11.2 Å². The maximum absolute atomic E-state index is 11.0. The molecule has 0 saturated carbocycles. The minimum Gasteiger partial charge on any atom is -0.349 e. The summed E-state index contributed by atoms with van der Waals surface area (Å²) in [6, 6.07) is 4.16. The molecule has 1 amide bonds. The van der Waals surface area contributed by atoms with Crippen LogP contribution in [0, 0.1) is 0 Å². The van der Waals surface area contributed by atoms with Gasteiger partial charge in [0, 0.05) is 18.8 Å². The molecular weight excluding hydrogens is 176 g/mol. The first-order valence-corrected chi connectivity index (χ1v) is 4.98. The summed E-state index contributed by atoms with van der Waals surface area (Å²) in [5, 5.41) is 2.96. The van der Waals surface area contributed by atoms with Gasteiger partial charge in [-0.05, 0) is 30.9 Å². The molecule has 1 atom stereocenters. The molecule has 1 aromatic rings. The topological polar surface area (TPSA) is 42.0 Å². The third-order valence-corrected chi connectivity index (χ3v) is 2.58. The first-order valence-electron chi connectivity index (χ1n) is 4.98. The summed E-state index contributed by atoms with van der Waals surface area (Å²) in [6.45, 7) is 1.56. The van der Waals surface area contributed by atoms with E-state index in [1.165, 1.54) is 5.56 Å². The summed E-state index contributed by atoms with van der Waals surface area (Å²) in [4.78, 5) is 15.3. The van der Waals surface area contributed by atoms with Crippen molar-refractivity contribution in [2.75, 3.05) is 0 Å². The number of hydrogen-bond donors (Lipinski definition) is 1. The highest BCUT2D eigenvalue weighted by Crippen LogP contribution is 2.27. The van der Waals surface area contributed by atoms with Gasteiger partial charge in [0.2, 0.25) is 5.91 Å². The maximum atomic E-state index is 11.0. The number of nitrogens with one attached hydrogen (secondary N) is 1. The van der Waals surface area contributed by atoms with E-state index in [2.05, 4.69) is 16.4 Å². The number of fused-ring (bicyclic) bond motifs is 1. The Morgan fingerprint density at radius 3 is 3.29 bits per heavy atom. The van der Waals surface area contributed by atoms with E-state index in [0.29, 0.717) is 0 Å². The number of nitrogens with zero attached hydrogens (tertiary/aromatic N) is 1. The van der Waals surface area contributed by atoms with E-state index in [0.717, 1.165) is 25.0 Å². The quantitative estimate of drug-likeness (QED) is 0.730. The third kappa shape index (κ3) is 1.76. The first-order chi connectivity index (χ1) is 6.77. The van der Waals surface area contributed by atoms with Gasteiger partial charge in [-0.2, -0.15) is 0 Å². The summed E-state index contributed by atoms with van der Waals surface area (Å²) >= 11 is 0. The lowest BCUT2D eigenvalue weighted by Gasteiger charge is -2.24. The molecule has 1 unspecified atom stereocenters. The predicted octanol–water partition coefficient (Wildman–Crippen LogP) is 1.60. The zero-order chi connectivity index (χ0) is 9.97. The Morgan fingerprint density at radius 1 is 1.64 bits per heavy atom. The van der Waals surface area contributed by atoms with Crippen molar-refractivity contribution in [3.05, 3.63) is 29.6 Å². The second-order valence-electron chi connectivity index (χ2n) is 3.68. The number of aryl methyl sites for hydroxylation is 1. The Bertz CT molecular complexity index is 349. The smallest absolute Gasteiger partial charge is 0.217 e. The zero-order valence-corrected chi connectivity index (χ0v) is 8.29. The van der Waals surface area contributed by atoms with Gasteiger partial charge in [-0.3, -0.25) is 9.78 Å². The van der Waals surface area contributed by atoms with Crippen molar-refractivity contribution in [1.29, 1.82) is 0 Å². The highest BCUT2D eigenvalue weighted by Gasteiger charge is 2.20. The number of hydrogen-bond acceptors (Lipinski definition) is 2. The second-order valence-corrected chi connectivity index (χ2v) is 3.68. The average Bonchev–Trinajstić information content (AvgIpc) is 2.18. The summed E-state index contributed by atoms with van der Waals surface area (Å²) in [7, 11) is 0. The number of rotatable bonds is 1. The Morgan fingerprint density at radius 2 is 2.50 bits per heavy atom. The lowest BCUT2D eigenvalue weighted by molar-refractivity contribution is -0.119. The van der Waals surface area contributed by atoms with Gasteiger partial charge in [-0.1, -0.05) is 6.07 Å². The van der Waals surface area contributed by atoms with E-state index in [1.807, 2.05) is 12.3 Å². The van der Waals surface area contributed by atoms with Gasteiger partial charge >= 0.3 is 0 Å². The van der Waals surface area contributed by atoms with Crippen molar-refractivity contribution in [3.8, 4) is 0 Å². The van der Waals surface area contributed by atoms with Crippen molar-refractivity contribution in [2.24, 2.45) is 0 Å². The van der Waals surface area contributed by atoms with Crippen molar-refractivity contribution in [2.45, 2.75) is 32.2 Å². The number of aromatic nitrogens is 1. The van der Waals surface area contributed by atoms with Crippen LogP contribution in [-0.4, -0.2) is 10.9 Å². The molecule has 3 nitrogen and oxygen atoms in total. The number of pyridine rings is 1. The number of carbonyl (C=O) groups is 1. The molecule has 3 heteroatoms. The molecule has 0 fully saturated rings. The van der Waals surface area contributed by atoms with Gasteiger partial charge < -0.3 is 5.32 Å². The van der Waals surface area contributed by atoms with E-state index in [4.69, 9.17) is 0 Å². The normalized spacial score (nSPS) is 19.9. The molecule has 1 aromatic heterocycles. The van der Waals surface area contributed by atoms with Gasteiger partial charge in [-0.25, -0.2) is 0 Å². The van der Waals surface area contributed by atoms with E-state index in [9.17, 15) is 4.79 Å². The second kappa shape index (κ2) is 3.78. The standard InChI is InChI=1S/C11H14N2O/c1-8(14)13-11-6-2-5-10-9(11)4-3-7-12-10/h3-4,7,11H,2,5-6H2,1H3,(H,13,14). The average molecular weight is 190 g/mol. The van der Waals surface area contributed by atoms with Crippen molar-refractivity contribution in [3.63, 3.8) is 0 Å². The van der Waals surface area contributed by atoms with Gasteiger partial charge in [0.15, 0.2) is 0 Å². The van der Waals surface area contributed by atoms with Crippen LogP contribution in [0.3, 0.4) is 0 Å². The predicted molar refractivity (Wildman–Crippen MR) is 53.7 cm³/mol. The van der Waals surface area contributed by atoms with Crippen LogP contribution in [0.1, 0.15) is 37.1 Å². The Hall–Kier alpha value is -1.38. The van der Waals surface area contributed by atoms with E-state index in [-0.39, 0.29) is 11.9 Å². The monoisotopic (exact) mass is 190 g/mol. The molecule has 0 saturated heterocycles. The Kier molecular flexibility index (Phi) is 2.48. The largest absolute Gasteiger partial charge is 0.349 e. The van der Waals surface area contributed by atoms with E-state index < -0.39 is 0 Å². The van der Waals surface area contributed by atoms with Crippen molar-refractivity contribution >= 4 is 5.91 Å². The van der Waals surface area contributed by atoms with Crippen LogP contribution in [0.2, 0.25) is 0 Å². The summed E-state index contributed by atoms with van der Waals surface area (Å²) in [5.41, 5.74) is 2.33. The number of carbonyl (C=O) groups excluding carboxylic acids is 1. The van der Waals surface area contributed by atoms with E-state index in [1.54, 1.807) is 6.92 Å². The summed E-state index contributed by atoms with van der Waals surface area (Å²) in [6.07, 6.45) is 4.98. The van der Waals surface area contributed by atoms with Crippen LogP contribution in [0.5, 0.6) is 0 Å². The Labute approximate surface area is 83.5 Å². The van der Waals surface area contributed by atoms with Gasteiger partial charge in [0.25, 0.3) is 0 Å². The molecule has 0 radical (unpaired) electrons. The molecule has 0 spiro atoms. The minimum absolute atomic E-state index is 0.0340. The van der Waals surface area contributed by atoms with Gasteiger partial charge in [0.1, 0.15) is 0 Å². The lowest BCUT2D eigenvalue weighted by atomic mass is 9.91. The molecule has 74 valence electrons. The molecule has 0 bridgehead atoms. The summed E-state index contributed by atoms with van der Waals surface area (Å²) in [5.74, 6) is 0.0340. The van der Waals surface area contributed by atoms with Crippen LogP contribution >= 0.6 is 0 Å². The Balaban J connectivity index is 2.26. The molecule has 1 N–H and O–H groups in total. The molecule has 0 aromatic carbocycles. The highest BCUT2D eigenvalue weighted by atomic mass is 16.1. The number of amides is 1. The molecule has 14 heavy (non-hydrogen) atoms. The molecule has 1 aliphatic rings. The molecular formula is C11H14N2O. The van der Waals surface area contributed by atoms with E-state index >= 15 is 0 Å². The fourth-order valence-corrected chi connectivity index (χ4v) is 2.00. The fourth-order valence-electron chi connectivity index (χ4n) is 2.00. The van der Waals surface area contributed by atoms with Gasteiger partial charge in [0.05, 0.1) is 6.04 Å². The highest BCUT2D eigenvalue weighted by molar-refractivity contribution is 5.73. The van der Waals surface area contributed by atoms with Crippen LogP contribution < -0.4 is 5.32 Å². The van der Waals surface area contributed by atoms with Crippen LogP contribution in [0.15, 0.2) is 18.3 Å². The lowest BCUT2D eigenvalue weighted by Crippen LogP contribution is -2.29. The van der Waals surface area contributed by atoms with Crippen molar-refractivity contribution in [1.82, 2.24) is 10.3 Å². The van der Waals surface area contributed by atoms with Crippen LogP contribution in [0.25, 0.3) is 0 Å². The first kappa shape index (κ1) is 9.19. The van der Waals surface area contributed by atoms with Crippen LogP contribution in [0.4, 0.5) is 0 Å². The molecule has 1 heterocycles. The SMILES string of the molecule is CC(=O)NC1CCCc2ncccc21. The fraction of sp³-hybridized carbons (Fsp3) is 0.455. The summed E-state index contributed by atoms with van der Waals surface area (Å²) < 4.78 is 0. The molecule has 1 aliphatic carbocycles. The zero-order valence-electron chi connectivity index (χ0n) is 8.29. The third-order valence-electron chi connectivity index (χ3n) is 2.58. The molecule has 0 aliphatic heterocycles.